The van der Waals surface area contributed by atoms with Crippen LogP contribution in [-0.2, 0) is 0 Å². The van der Waals surface area contributed by atoms with Gasteiger partial charge in [0.1, 0.15) is 0 Å². The molecule has 12 N–H and O–H groups in total. The van der Waals surface area contributed by atoms with E-state index in [-0.39, 0.29) is 12.3 Å². The van der Waals surface area contributed by atoms with Crippen LogP contribution in [0.3, 0.4) is 0 Å². The van der Waals surface area contributed by atoms with Crippen molar-refractivity contribution in [2.75, 3.05) is 0 Å². The van der Waals surface area contributed by atoms with Crippen molar-refractivity contribution in [3.63, 3.8) is 0 Å². The maximum absolute atomic E-state index is 9.66. The number of azo groups is 1. The van der Waals surface area contributed by atoms with Gasteiger partial charge in [-0.3, -0.25) is 0 Å². The van der Waals surface area contributed by atoms with E-state index in [0.717, 1.165) is 0 Å². The molecular formula is C3H12N6O5. The highest BCUT2D eigenvalue weighted by Gasteiger charge is 1.86. The van der Waals surface area contributed by atoms with Crippen LogP contribution in [0.15, 0.2) is 10.2 Å². The van der Waals surface area contributed by atoms with Crippen molar-refractivity contribution in [2.24, 2.45) is 21.7 Å². The SMILES string of the molecule is N.N.NC(=O)/N=N/C(N)=O.O=C(O)O. The molecule has 14 heavy (non-hydrogen) atoms. The molecule has 0 bridgehead atoms. The molecule has 0 aliphatic carbocycles. The molecular weight excluding hydrogens is 200 g/mol. The summed E-state index contributed by atoms with van der Waals surface area (Å²) >= 11 is 0. The number of nitrogens with two attached hydrogens (primary N) is 2. The minimum atomic E-state index is -1.83. The van der Waals surface area contributed by atoms with E-state index in [1.165, 1.54) is 0 Å². The van der Waals surface area contributed by atoms with Gasteiger partial charge < -0.3 is 34.0 Å². The maximum Gasteiger partial charge on any atom is 0.503 e. The molecule has 0 saturated heterocycles. The predicted octanol–water partition coefficient (Wildman–Crippen LogP) is 0.142. The molecule has 11 nitrogen and oxygen atoms in total. The third-order valence-corrected chi connectivity index (χ3v) is 0.247. The minimum Gasteiger partial charge on any atom is -0.450 e. The number of amides is 4. The minimum absolute atomic E-state index is 0. The number of rotatable bonds is 0. The molecule has 0 aromatic carbocycles. The van der Waals surface area contributed by atoms with E-state index in [1.54, 1.807) is 0 Å². The first-order chi connectivity index (χ1) is 5.36. The first-order valence-electron chi connectivity index (χ1n) is 2.28. The molecule has 0 aromatic rings. The number of hydrogen-bond donors (Lipinski definition) is 6. The van der Waals surface area contributed by atoms with Crippen LogP contribution < -0.4 is 23.8 Å². The standard InChI is InChI=1S/C2H4N4O2.CH2O3.2H3N/c3-1(7)5-6-2(4)8;2-1(3)4;;/h(H2,3,7)(H2,4,8);(H2,2,3,4);2*1H3/b6-5+;;;. The Morgan fingerprint density at radius 1 is 0.857 bits per heavy atom. The Labute approximate surface area is 77.9 Å². The second kappa shape index (κ2) is 13.3. The summed E-state index contributed by atoms with van der Waals surface area (Å²) in [5.41, 5.74) is 8.87. The van der Waals surface area contributed by atoms with Crippen molar-refractivity contribution in [2.45, 2.75) is 0 Å². The molecule has 0 atom stereocenters. The zero-order valence-electron chi connectivity index (χ0n) is 7.08. The van der Waals surface area contributed by atoms with Gasteiger partial charge in [-0.25, -0.2) is 14.4 Å². The van der Waals surface area contributed by atoms with Crippen LogP contribution in [0.2, 0.25) is 0 Å². The van der Waals surface area contributed by atoms with E-state index in [1.807, 2.05) is 0 Å². The summed E-state index contributed by atoms with van der Waals surface area (Å²) in [5.74, 6) is 0. The lowest BCUT2D eigenvalue weighted by Crippen LogP contribution is -2.07. The molecule has 0 aromatic heterocycles. The van der Waals surface area contributed by atoms with Crippen molar-refractivity contribution in [1.82, 2.24) is 12.3 Å². The Morgan fingerprint density at radius 2 is 1.00 bits per heavy atom. The predicted molar refractivity (Wildman–Crippen MR) is 44.7 cm³/mol. The molecule has 0 heterocycles. The van der Waals surface area contributed by atoms with Gasteiger partial charge >= 0.3 is 18.2 Å². The first-order valence-corrected chi connectivity index (χ1v) is 2.28. The molecule has 11 heteroatoms. The molecule has 4 amide bonds. The van der Waals surface area contributed by atoms with E-state index in [0.29, 0.717) is 0 Å². The monoisotopic (exact) mass is 212 g/mol. The second-order valence-corrected chi connectivity index (χ2v) is 1.16. The smallest absolute Gasteiger partial charge is 0.450 e. The van der Waals surface area contributed by atoms with Gasteiger partial charge in [-0.1, -0.05) is 10.2 Å². The summed E-state index contributed by atoms with van der Waals surface area (Å²) in [4.78, 5) is 27.9. The van der Waals surface area contributed by atoms with Crippen LogP contribution in [-0.4, -0.2) is 28.4 Å². The van der Waals surface area contributed by atoms with Gasteiger partial charge in [-0.2, -0.15) is 0 Å². The average molecular weight is 212 g/mol. The molecule has 0 aliphatic rings. The summed E-state index contributed by atoms with van der Waals surface area (Å²) in [7, 11) is 0. The van der Waals surface area contributed by atoms with Gasteiger partial charge in [-0.05, 0) is 0 Å². The fraction of sp³-hybridized carbons (Fsp3) is 0. The summed E-state index contributed by atoms with van der Waals surface area (Å²) in [6, 6.07) is -2.08. The van der Waals surface area contributed by atoms with E-state index in [2.05, 4.69) is 21.7 Å². The fourth-order valence-electron chi connectivity index (χ4n) is 0.0986. The van der Waals surface area contributed by atoms with Gasteiger partial charge in [0.05, 0.1) is 0 Å². The summed E-state index contributed by atoms with van der Waals surface area (Å²) < 4.78 is 0. The Balaban J connectivity index is -0.0000000733. The molecule has 0 rings (SSSR count). The molecule has 0 radical (unpaired) electrons. The molecule has 0 spiro atoms. The first kappa shape index (κ1) is 22.6. The van der Waals surface area contributed by atoms with E-state index in [9.17, 15) is 9.59 Å². The summed E-state index contributed by atoms with van der Waals surface area (Å²) in [5, 5.41) is 19.2. The number of hydrogen-bond acceptors (Lipinski definition) is 5. The van der Waals surface area contributed by atoms with Crippen LogP contribution >= 0.6 is 0 Å². The lowest BCUT2D eigenvalue weighted by atomic mass is 11.1. The Morgan fingerprint density at radius 3 is 1.07 bits per heavy atom. The topological polar surface area (TPSA) is 238 Å². The number of nitrogens with zero attached hydrogens (tertiary/aromatic N) is 2. The van der Waals surface area contributed by atoms with Crippen molar-refractivity contribution >= 4 is 18.2 Å². The summed E-state index contributed by atoms with van der Waals surface area (Å²) in [6.45, 7) is 0. The molecule has 0 saturated carbocycles. The highest BCUT2D eigenvalue weighted by atomic mass is 16.6. The van der Waals surface area contributed by atoms with Crippen molar-refractivity contribution in [3.05, 3.63) is 0 Å². The fourth-order valence-corrected chi connectivity index (χ4v) is 0.0986. The number of carbonyl (C=O) groups excluding carboxylic acids is 2. The third-order valence-electron chi connectivity index (χ3n) is 0.247. The van der Waals surface area contributed by atoms with Crippen LogP contribution in [0.1, 0.15) is 0 Å². The summed E-state index contributed by atoms with van der Waals surface area (Å²) in [6.07, 6.45) is -1.83. The number of primary amides is 2. The molecule has 0 aliphatic heterocycles. The van der Waals surface area contributed by atoms with E-state index < -0.39 is 18.2 Å². The van der Waals surface area contributed by atoms with Gasteiger partial charge in [0.25, 0.3) is 0 Å². The molecule has 0 fully saturated rings. The van der Waals surface area contributed by atoms with Gasteiger partial charge in [0, 0.05) is 0 Å². The largest absolute Gasteiger partial charge is 0.503 e. The van der Waals surface area contributed by atoms with Crippen molar-refractivity contribution in [1.29, 1.82) is 0 Å². The van der Waals surface area contributed by atoms with Gasteiger partial charge in [0.15, 0.2) is 0 Å². The van der Waals surface area contributed by atoms with Crippen molar-refractivity contribution in [3.8, 4) is 0 Å². The van der Waals surface area contributed by atoms with Crippen LogP contribution in [0.4, 0.5) is 14.4 Å². The zero-order valence-corrected chi connectivity index (χ0v) is 7.08. The van der Waals surface area contributed by atoms with Gasteiger partial charge in [-0.15, -0.1) is 0 Å². The Bertz CT molecular complexity index is 194. The van der Waals surface area contributed by atoms with Crippen LogP contribution in [0, 0.1) is 0 Å². The maximum atomic E-state index is 9.66. The number of carbonyl (C=O) groups is 3. The quantitative estimate of drug-likeness (QED) is 0.303. The highest BCUT2D eigenvalue weighted by molar-refractivity contribution is 5.77. The number of carboxylic acid groups (broad SMARTS) is 2. The van der Waals surface area contributed by atoms with Crippen LogP contribution in [0.5, 0.6) is 0 Å². The molecule has 0 unspecified atom stereocenters. The Hall–Kier alpha value is -2.27. The lowest BCUT2D eigenvalue weighted by molar-refractivity contribution is 0.137. The van der Waals surface area contributed by atoms with Gasteiger partial charge in [0.2, 0.25) is 0 Å². The number of urea groups is 2. The highest BCUT2D eigenvalue weighted by Crippen LogP contribution is 1.72. The van der Waals surface area contributed by atoms with E-state index in [4.69, 9.17) is 15.0 Å². The molecule has 84 valence electrons. The zero-order chi connectivity index (χ0) is 10.1. The Kier molecular flexibility index (Phi) is 21.5. The van der Waals surface area contributed by atoms with Crippen molar-refractivity contribution < 1.29 is 24.6 Å². The van der Waals surface area contributed by atoms with E-state index >= 15 is 0 Å². The van der Waals surface area contributed by atoms with Crippen LogP contribution in [0.25, 0.3) is 0 Å². The average Bonchev–Trinajstić information content (AvgIpc) is 1.82. The second-order valence-electron chi connectivity index (χ2n) is 1.16. The normalized spacial score (nSPS) is 7.14. The third kappa shape index (κ3) is 99.5. The lowest BCUT2D eigenvalue weighted by Gasteiger charge is -1.74.